The minimum Gasteiger partial charge on any atom is -0.438 e. The summed E-state index contributed by atoms with van der Waals surface area (Å²) in [5.41, 5.74) is 8.38. The Morgan fingerprint density at radius 3 is 2.86 bits per heavy atom. The Labute approximate surface area is 176 Å². The highest BCUT2D eigenvalue weighted by atomic mass is 35.5. The topological polar surface area (TPSA) is 66.0 Å². The number of ether oxygens (including phenoxy) is 1. The number of pyridine rings is 1. The molecular weight excluding hydrogens is 411 g/mol. The Morgan fingerprint density at radius 2 is 2.00 bits per heavy atom. The molecule has 0 radical (unpaired) electrons. The van der Waals surface area contributed by atoms with Crippen LogP contribution in [-0.4, -0.2) is 14.5 Å². The SMILES string of the molecule is Cl.NCc1ccnc(Oc2cccc3c2ccn3-c2nc3ccc(F)cc3s2)c1. The summed E-state index contributed by atoms with van der Waals surface area (Å²) < 4.78 is 22.3. The third-order valence-corrected chi connectivity index (χ3v) is 5.51. The number of nitrogens with two attached hydrogens (primary N) is 1. The first kappa shape index (κ1) is 19.3. The second-order valence-corrected chi connectivity index (χ2v) is 7.30. The lowest BCUT2D eigenvalue weighted by Gasteiger charge is -2.08. The molecule has 0 bridgehead atoms. The Hall–Kier alpha value is -3.00. The van der Waals surface area contributed by atoms with Crippen LogP contribution >= 0.6 is 23.7 Å². The van der Waals surface area contributed by atoms with Crippen molar-refractivity contribution in [2.45, 2.75) is 6.54 Å². The molecule has 5 aromatic rings. The monoisotopic (exact) mass is 426 g/mol. The number of halogens is 2. The third kappa shape index (κ3) is 3.55. The highest BCUT2D eigenvalue weighted by Gasteiger charge is 2.13. The maximum absolute atomic E-state index is 13.5. The Morgan fingerprint density at radius 1 is 1.10 bits per heavy atom. The summed E-state index contributed by atoms with van der Waals surface area (Å²) in [6, 6.07) is 16.1. The molecule has 0 saturated carbocycles. The number of rotatable bonds is 4. The lowest BCUT2D eigenvalue weighted by molar-refractivity contribution is 0.467. The third-order valence-electron chi connectivity index (χ3n) is 4.49. The zero-order valence-electron chi connectivity index (χ0n) is 15.1. The number of fused-ring (bicyclic) bond motifs is 2. The number of benzene rings is 2. The van der Waals surface area contributed by atoms with Crippen LogP contribution in [0.4, 0.5) is 4.39 Å². The quantitative estimate of drug-likeness (QED) is 0.415. The maximum Gasteiger partial charge on any atom is 0.219 e. The number of aromatic nitrogens is 3. The predicted molar refractivity (Wildman–Crippen MR) is 116 cm³/mol. The van der Waals surface area contributed by atoms with Crippen molar-refractivity contribution in [1.82, 2.24) is 14.5 Å². The fraction of sp³-hybridized carbons (Fsp3) is 0.0476. The van der Waals surface area contributed by atoms with E-state index in [2.05, 4.69) is 9.97 Å². The average molecular weight is 427 g/mol. The van der Waals surface area contributed by atoms with Gasteiger partial charge in [0.2, 0.25) is 5.88 Å². The van der Waals surface area contributed by atoms with Crippen LogP contribution in [0.5, 0.6) is 11.6 Å². The molecule has 2 aromatic carbocycles. The molecule has 0 aliphatic rings. The molecule has 0 saturated heterocycles. The van der Waals surface area contributed by atoms with E-state index in [0.717, 1.165) is 31.8 Å². The van der Waals surface area contributed by atoms with Gasteiger partial charge in [-0.15, -0.1) is 12.4 Å². The van der Waals surface area contributed by atoms with Crippen molar-refractivity contribution in [2.24, 2.45) is 5.73 Å². The van der Waals surface area contributed by atoms with Crippen molar-refractivity contribution in [2.75, 3.05) is 0 Å². The van der Waals surface area contributed by atoms with Gasteiger partial charge in [0.15, 0.2) is 5.13 Å². The molecule has 3 heterocycles. The summed E-state index contributed by atoms with van der Waals surface area (Å²) in [7, 11) is 0. The largest absolute Gasteiger partial charge is 0.438 e. The van der Waals surface area contributed by atoms with Crippen LogP contribution in [0.3, 0.4) is 0 Å². The van der Waals surface area contributed by atoms with Gasteiger partial charge in [0.05, 0.1) is 15.7 Å². The zero-order valence-corrected chi connectivity index (χ0v) is 16.7. The first-order valence-electron chi connectivity index (χ1n) is 8.71. The van der Waals surface area contributed by atoms with Crippen molar-refractivity contribution in [3.63, 3.8) is 0 Å². The summed E-state index contributed by atoms with van der Waals surface area (Å²) in [5, 5.41) is 1.71. The summed E-state index contributed by atoms with van der Waals surface area (Å²) in [4.78, 5) is 8.89. The molecule has 2 N–H and O–H groups in total. The highest BCUT2D eigenvalue weighted by molar-refractivity contribution is 7.20. The molecule has 0 amide bonds. The normalized spacial score (nSPS) is 11.0. The first-order valence-corrected chi connectivity index (χ1v) is 9.52. The molecule has 5 rings (SSSR count). The van der Waals surface area contributed by atoms with E-state index in [9.17, 15) is 4.39 Å². The van der Waals surface area contributed by atoms with Gasteiger partial charge in [0.25, 0.3) is 0 Å². The molecule has 0 aliphatic heterocycles. The van der Waals surface area contributed by atoms with Crippen LogP contribution in [0.2, 0.25) is 0 Å². The van der Waals surface area contributed by atoms with E-state index in [1.807, 2.05) is 47.2 Å². The van der Waals surface area contributed by atoms with Gasteiger partial charge in [-0.05, 0) is 48.0 Å². The van der Waals surface area contributed by atoms with Crippen molar-refractivity contribution in [1.29, 1.82) is 0 Å². The van der Waals surface area contributed by atoms with Gasteiger partial charge in [-0.3, -0.25) is 4.57 Å². The van der Waals surface area contributed by atoms with Gasteiger partial charge in [-0.1, -0.05) is 17.4 Å². The lowest BCUT2D eigenvalue weighted by Crippen LogP contribution is -1.97. The van der Waals surface area contributed by atoms with Gasteiger partial charge < -0.3 is 10.5 Å². The Bertz CT molecular complexity index is 1320. The second-order valence-electron chi connectivity index (χ2n) is 6.29. The first-order chi connectivity index (χ1) is 13.7. The van der Waals surface area contributed by atoms with Crippen LogP contribution < -0.4 is 10.5 Å². The molecule has 0 unspecified atom stereocenters. The molecule has 29 heavy (non-hydrogen) atoms. The molecular formula is C21H16ClFN4OS. The molecule has 146 valence electrons. The van der Waals surface area contributed by atoms with Crippen molar-refractivity contribution < 1.29 is 9.13 Å². The molecule has 0 fully saturated rings. The fourth-order valence-electron chi connectivity index (χ4n) is 3.13. The van der Waals surface area contributed by atoms with E-state index < -0.39 is 0 Å². The number of thiazole rings is 1. The molecule has 5 nitrogen and oxygen atoms in total. The molecule has 0 atom stereocenters. The Balaban J connectivity index is 0.00000205. The van der Waals surface area contributed by atoms with Crippen molar-refractivity contribution in [3.05, 3.63) is 78.4 Å². The van der Waals surface area contributed by atoms with E-state index in [-0.39, 0.29) is 18.2 Å². The van der Waals surface area contributed by atoms with E-state index in [0.29, 0.717) is 18.2 Å². The second kappa shape index (κ2) is 7.79. The van der Waals surface area contributed by atoms with Crippen LogP contribution in [0, 0.1) is 5.82 Å². The van der Waals surface area contributed by atoms with E-state index >= 15 is 0 Å². The molecule has 3 aromatic heterocycles. The van der Waals surface area contributed by atoms with Crippen molar-refractivity contribution >= 4 is 44.9 Å². The number of hydrogen-bond donors (Lipinski definition) is 1. The molecule has 0 spiro atoms. The summed E-state index contributed by atoms with van der Waals surface area (Å²) in [6.07, 6.45) is 3.62. The van der Waals surface area contributed by atoms with Crippen LogP contribution in [-0.2, 0) is 6.54 Å². The molecule has 8 heteroatoms. The minimum atomic E-state index is -0.261. The average Bonchev–Trinajstić information content (AvgIpc) is 3.32. The smallest absolute Gasteiger partial charge is 0.219 e. The summed E-state index contributed by atoms with van der Waals surface area (Å²) in [6.45, 7) is 0.428. The maximum atomic E-state index is 13.5. The van der Waals surface area contributed by atoms with Gasteiger partial charge in [-0.25, -0.2) is 14.4 Å². The minimum absolute atomic E-state index is 0. The standard InChI is InChI=1S/C21H15FN4OS.ClH/c22-14-4-5-16-19(11-14)28-21(25-16)26-9-7-15-17(26)2-1-3-18(15)27-20-10-13(12-23)6-8-24-20;/h1-11H,12,23H2;1H. The van der Waals surface area contributed by atoms with Crippen LogP contribution in [0.1, 0.15) is 5.56 Å². The highest BCUT2D eigenvalue weighted by Crippen LogP contribution is 2.33. The lowest BCUT2D eigenvalue weighted by atomic mass is 10.2. The zero-order chi connectivity index (χ0) is 19.1. The van der Waals surface area contributed by atoms with Crippen LogP contribution in [0.15, 0.2) is 67.0 Å². The van der Waals surface area contributed by atoms with Gasteiger partial charge in [-0.2, -0.15) is 0 Å². The van der Waals surface area contributed by atoms with E-state index in [4.69, 9.17) is 10.5 Å². The van der Waals surface area contributed by atoms with Crippen LogP contribution in [0.25, 0.3) is 26.3 Å². The summed E-state index contributed by atoms with van der Waals surface area (Å²) >= 11 is 1.44. The predicted octanol–water partition coefficient (Wildman–Crippen LogP) is 5.45. The Kier molecular flexibility index (Phi) is 5.19. The van der Waals surface area contributed by atoms with Gasteiger partial charge in [0.1, 0.15) is 11.6 Å². The van der Waals surface area contributed by atoms with Crippen molar-refractivity contribution in [3.8, 4) is 16.8 Å². The molecule has 0 aliphatic carbocycles. The van der Waals surface area contributed by atoms with Gasteiger partial charge >= 0.3 is 0 Å². The summed E-state index contributed by atoms with van der Waals surface area (Å²) in [5.74, 6) is 0.937. The number of hydrogen-bond acceptors (Lipinski definition) is 5. The number of nitrogens with zero attached hydrogens (tertiary/aromatic N) is 3. The van der Waals surface area contributed by atoms with Gasteiger partial charge in [0, 0.05) is 30.4 Å². The van der Waals surface area contributed by atoms with E-state index in [1.165, 1.54) is 23.5 Å². The van der Waals surface area contributed by atoms with E-state index in [1.54, 1.807) is 12.3 Å². The fourth-order valence-corrected chi connectivity index (χ4v) is 4.12.